The minimum atomic E-state index is 0.381. The van der Waals surface area contributed by atoms with Crippen molar-refractivity contribution in [2.45, 2.75) is 36.5 Å². The van der Waals surface area contributed by atoms with Gasteiger partial charge in [0, 0.05) is 28.7 Å². The Morgan fingerprint density at radius 1 is 1.42 bits per heavy atom. The summed E-state index contributed by atoms with van der Waals surface area (Å²) in [6, 6.07) is 2.21. The predicted molar refractivity (Wildman–Crippen MR) is 80.9 cm³/mol. The molecular weight excluding hydrogens is 278 g/mol. The van der Waals surface area contributed by atoms with Gasteiger partial charge in [-0.2, -0.15) is 0 Å². The van der Waals surface area contributed by atoms with Crippen LogP contribution in [0.4, 0.5) is 5.95 Å². The first-order valence-corrected chi connectivity index (χ1v) is 8.26. The summed E-state index contributed by atoms with van der Waals surface area (Å²) in [6.07, 6.45) is 3.20. The molecule has 0 saturated carbocycles. The van der Waals surface area contributed by atoms with Gasteiger partial charge in [-0.1, -0.05) is 6.92 Å². The number of aromatic nitrogens is 2. The zero-order chi connectivity index (χ0) is 13.2. The van der Waals surface area contributed by atoms with E-state index < -0.39 is 0 Å². The molecule has 4 nitrogen and oxygen atoms in total. The second-order valence-corrected chi connectivity index (χ2v) is 7.01. The zero-order valence-corrected chi connectivity index (χ0v) is 12.5. The van der Waals surface area contributed by atoms with Gasteiger partial charge in [0.25, 0.3) is 0 Å². The maximum Gasteiger partial charge on any atom is 0.222 e. The fourth-order valence-electron chi connectivity index (χ4n) is 2.18. The second kappa shape index (κ2) is 5.64. The molecule has 0 radical (unpaired) electrons. The number of rotatable bonds is 3. The summed E-state index contributed by atoms with van der Waals surface area (Å²) in [5.74, 6) is 0.381. The van der Waals surface area contributed by atoms with E-state index in [1.54, 1.807) is 11.3 Å². The number of thioether (sulfide) groups is 1. The van der Waals surface area contributed by atoms with Crippen LogP contribution in [-0.4, -0.2) is 28.4 Å². The Bertz CT molecular complexity index is 579. The van der Waals surface area contributed by atoms with Crippen molar-refractivity contribution in [3.63, 3.8) is 0 Å². The molecule has 19 heavy (non-hydrogen) atoms. The van der Waals surface area contributed by atoms with Crippen LogP contribution in [0.15, 0.2) is 11.1 Å². The van der Waals surface area contributed by atoms with Crippen LogP contribution in [0.2, 0.25) is 0 Å². The van der Waals surface area contributed by atoms with Gasteiger partial charge in [0.05, 0.1) is 0 Å². The lowest BCUT2D eigenvalue weighted by Gasteiger charge is -2.21. The molecule has 0 aromatic carbocycles. The Hall–Kier alpha value is -0.850. The Balaban J connectivity index is 1.94. The third-order valence-electron chi connectivity index (χ3n) is 3.22. The Kier molecular flexibility index (Phi) is 3.91. The van der Waals surface area contributed by atoms with Gasteiger partial charge in [-0.05, 0) is 25.3 Å². The van der Waals surface area contributed by atoms with Gasteiger partial charge < -0.3 is 10.5 Å². The number of fused-ring (bicyclic) bond motifs is 1. The van der Waals surface area contributed by atoms with E-state index in [0.29, 0.717) is 11.2 Å². The van der Waals surface area contributed by atoms with Crippen LogP contribution in [-0.2, 0) is 11.2 Å². The summed E-state index contributed by atoms with van der Waals surface area (Å²) >= 11 is 3.55. The van der Waals surface area contributed by atoms with Crippen LogP contribution in [0, 0.1) is 0 Å². The number of aryl methyl sites for hydroxylation is 1. The fourth-order valence-corrected chi connectivity index (χ4v) is 4.39. The summed E-state index contributed by atoms with van der Waals surface area (Å²) in [5.41, 5.74) is 5.83. The van der Waals surface area contributed by atoms with E-state index in [1.165, 1.54) is 4.88 Å². The van der Waals surface area contributed by atoms with Gasteiger partial charge in [-0.25, -0.2) is 9.97 Å². The first kappa shape index (κ1) is 13.1. The Labute approximate surface area is 120 Å². The molecule has 0 aliphatic carbocycles. The van der Waals surface area contributed by atoms with Gasteiger partial charge in [0.2, 0.25) is 5.95 Å². The largest absolute Gasteiger partial charge is 0.381 e. The Morgan fingerprint density at radius 2 is 2.21 bits per heavy atom. The third-order valence-corrected chi connectivity index (χ3v) is 5.73. The average Bonchev–Trinajstić information content (AvgIpc) is 2.83. The van der Waals surface area contributed by atoms with E-state index in [0.717, 1.165) is 47.7 Å². The number of nitrogens with zero attached hydrogens (tertiary/aromatic N) is 2. The van der Waals surface area contributed by atoms with Gasteiger partial charge in [0.15, 0.2) is 0 Å². The number of nitrogen functional groups attached to an aromatic ring is 1. The molecule has 1 aliphatic rings. The van der Waals surface area contributed by atoms with Crippen molar-refractivity contribution in [2.24, 2.45) is 0 Å². The molecule has 3 rings (SSSR count). The molecule has 102 valence electrons. The zero-order valence-electron chi connectivity index (χ0n) is 10.9. The van der Waals surface area contributed by atoms with E-state index in [4.69, 9.17) is 10.5 Å². The highest BCUT2D eigenvalue weighted by molar-refractivity contribution is 8.00. The molecule has 3 heterocycles. The molecule has 0 spiro atoms. The van der Waals surface area contributed by atoms with E-state index >= 15 is 0 Å². The van der Waals surface area contributed by atoms with E-state index in [1.807, 2.05) is 11.8 Å². The summed E-state index contributed by atoms with van der Waals surface area (Å²) in [7, 11) is 0. The van der Waals surface area contributed by atoms with Crippen LogP contribution in [0.25, 0.3) is 10.2 Å². The summed E-state index contributed by atoms with van der Waals surface area (Å²) < 4.78 is 5.40. The monoisotopic (exact) mass is 295 g/mol. The maximum absolute atomic E-state index is 5.83. The smallest absolute Gasteiger partial charge is 0.222 e. The van der Waals surface area contributed by atoms with Gasteiger partial charge in [-0.15, -0.1) is 23.1 Å². The molecule has 0 unspecified atom stereocenters. The molecule has 1 fully saturated rings. The molecule has 1 aliphatic heterocycles. The normalized spacial score (nSPS) is 17.1. The van der Waals surface area contributed by atoms with E-state index in [9.17, 15) is 0 Å². The SMILES string of the molecule is CCc1cc2c(SC3CCOCC3)nc(N)nc2s1. The third kappa shape index (κ3) is 2.85. The number of thiophene rings is 1. The number of ether oxygens (including phenoxy) is 1. The Morgan fingerprint density at radius 3 is 2.95 bits per heavy atom. The van der Waals surface area contributed by atoms with Gasteiger partial charge in [-0.3, -0.25) is 0 Å². The van der Waals surface area contributed by atoms with E-state index in [2.05, 4.69) is 23.0 Å². The van der Waals surface area contributed by atoms with Crippen LogP contribution in [0.3, 0.4) is 0 Å². The van der Waals surface area contributed by atoms with Crippen molar-refractivity contribution in [3.8, 4) is 0 Å². The topological polar surface area (TPSA) is 61.0 Å². The van der Waals surface area contributed by atoms with Crippen molar-refractivity contribution in [1.29, 1.82) is 0 Å². The van der Waals surface area contributed by atoms with Crippen molar-refractivity contribution in [3.05, 3.63) is 10.9 Å². The lowest BCUT2D eigenvalue weighted by atomic mass is 10.2. The molecule has 0 atom stereocenters. The number of anilines is 1. The fraction of sp³-hybridized carbons (Fsp3) is 0.538. The van der Waals surface area contributed by atoms with Crippen LogP contribution >= 0.6 is 23.1 Å². The van der Waals surface area contributed by atoms with Gasteiger partial charge >= 0.3 is 0 Å². The van der Waals surface area contributed by atoms with Crippen molar-refractivity contribution < 1.29 is 4.74 Å². The lowest BCUT2D eigenvalue weighted by Crippen LogP contribution is -2.17. The molecule has 2 aromatic heterocycles. The molecule has 2 N–H and O–H groups in total. The molecule has 0 bridgehead atoms. The van der Waals surface area contributed by atoms with Crippen molar-refractivity contribution in [2.75, 3.05) is 18.9 Å². The summed E-state index contributed by atoms with van der Waals surface area (Å²) in [4.78, 5) is 11.1. The quantitative estimate of drug-likeness (QED) is 0.882. The second-order valence-electron chi connectivity index (χ2n) is 4.60. The highest BCUT2D eigenvalue weighted by atomic mass is 32.2. The maximum atomic E-state index is 5.83. The summed E-state index contributed by atoms with van der Waals surface area (Å²) in [6.45, 7) is 3.86. The van der Waals surface area contributed by atoms with E-state index in [-0.39, 0.29) is 0 Å². The molecule has 2 aromatic rings. The lowest BCUT2D eigenvalue weighted by molar-refractivity contribution is 0.1000. The summed E-state index contributed by atoms with van der Waals surface area (Å²) in [5, 5.41) is 2.77. The van der Waals surface area contributed by atoms with Crippen LogP contribution < -0.4 is 5.73 Å². The molecule has 6 heteroatoms. The average molecular weight is 295 g/mol. The molecule has 1 saturated heterocycles. The number of hydrogen-bond acceptors (Lipinski definition) is 6. The predicted octanol–water partition coefficient (Wildman–Crippen LogP) is 3.11. The number of nitrogens with two attached hydrogens (primary N) is 1. The molecular formula is C13H17N3OS2. The minimum absolute atomic E-state index is 0.381. The van der Waals surface area contributed by atoms with Gasteiger partial charge in [0.1, 0.15) is 9.86 Å². The highest BCUT2D eigenvalue weighted by Gasteiger charge is 2.19. The van der Waals surface area contributed by atoms with Crippen LogP contribution in [0.1, 0.15) is 24.6 Å². The van der Waals surface area contributed by atoms with Crippen LogP contribution in [0.5, 0.6) is 0 Å². The highest BCUT2D eigenvalue weighted by Crippen LogP contribution is 2.36. The minimum Gasteiger partial charge on any atom is -0.381 e. The molecule has 0 amide bonds. The van der Waals surface area contributed by atoms with Crippen molar-refractivity contribution >= 4 is 39.3 Å². The first-order valence-electron chi connectivity index (χ1n) is 6.56. The standard InChI is InChI=1S/C13H17N3OS2/c1-2-8-7-10-11(18-8)15-13(14)16-12(10)19-9-3-5-17-6-4-9/h7,9H,2-6H2,1H3,(H2,14,15,16). The van der Waals surface area contributed by atoms with Crippen molar-refractivity contribution in [1.82, 2.24) is 9.97 Å². The number of hydrogen-bond donors (Lipinski definition) is 1. The first-order chi connectivity index (χ1) is 9.26.